The molecule has 84 valence electrons. The van der Waals surface area contributed by atoms with Crippen LogP contribution in [0.5, 0.6) is 0 Å². The second-order valence-corrected chi connectivity index (χ2v) is 3.82. The van der Waals surface area contributed by atoms with Crippen molar-refractivity contribution in [1.82, 2.24) is 10.2 Å². The van der Waals surface area contributed by atoms with E-state index in [1.165, 1.54) is 0 Å². The Kier molecular flexibility index (Phi) is 3.88. The zero-order valence-corrected chi connectivity index (χ0v) is 9.85. The van der Waals surface area contributed by atoms with Crippen LogP contribution in [0.25, 0.3) is 0 Å². The van der Waals surface area contributed by atoms with E-state index in [-0.39, 0.29) is 11.8 Å². The van der Waals surface area contributed by atoms with Crippen LogP contribution < -0.4 is 5.32 Å². The highest BCUT2D eigenvalue weighted by molar-refractivity contribution is 5.92. The number of nitrogens with one attached hydrogen (secondary N) is 2. The molecule has 0 radical (unpaired) electrons. The number of carbonyl (C=O) groups is 1. The van der Waals surface area contributed by atoms with Gasteiger partial charge in [0.25, 0.3) is 0 Å². The Morgan fingerprint density at radius 3 is 2.40 bits per heavy atom. The topological polar surface area (TPSA) is 57.8 Å². The van der Waals surface area contributed by atoms with Gasteiger partial charge in [-0.15, -0.1) is 0 Å². The summed E-state index contributed by atoms with van der Waals surface area (Å²) in [6, 6.07) is 0. The lowest BCUT2D eigenvalue weighted by Gasteiger charge is -2.11. The first-order valence-electron chi connectivity index (χ1n) is 5.42. The first kappa shape index (κ1) is 11.8. The summed E-state index contributed by atoms with van der Waals surface area (Å²) in [7, 11) is 0. The predicted octanol–water partition coefficient (Wildman–Crippen LogP) is 2.40. The number of hydrogen-bond donors (Lipinski definition) is 2. The molecule has 2 N–H and O–H groups in total. The Bertz CT molecular complexity index is 340. The molecule has 15 heavy (non-hydrogen) atoms. The molecule has 0 unspecified atom stereocenters. The van der Waals surface area contributed by atoms with Gasteiger partial charge in [0.1, 0.15) is 0 Å². The molecule has 0 saturated carbocycles. The summed E-state index contributed by atoms with van der Waals surface area (Å²) in [6.07, 6.45) is 1.73. The van der Waals surface area contributed by atoms with Crippen molar-refractivity contribution in [3.8, 4) is 0 Å². The molecular formula is C11H19N3O. The summed E-state index contributed by atoms with van der Waals surface area (Å²) in [4.78, 5) is 11.8. The third kappa shape index (κ3) is 2.58. The molecule has 0 saturated heterocycles. The first-order valence-corrected chi connectivity index (χ1v) is 5.42. The minimum Gasteiger partial charge on any atom is -0.309 e. The van der Waals surface area contributed by atoms with E-state index in [1.54, 1.807) is 0 Å². The smallest absolute Gasteiger partial charge is 0.228 e. The highest BCUT2D eigenvalue weighted by Crippen LogP contribution is 2.16. The van der Waals surface area contributed by atoms with Gasteiger partial charge in [-0.3, -0.25) is 9.89 Å². The van der Waals surface area contributed by atoms with Crippen LogP contribution in [0.2, 0.25) is 0 Å². The van der Waals surface area contributed by atoms with E-state index in [1.807, 2.05) is 27.7 Å². The molecule has 1 aromatic heterocycles. The summed E-state index contributed by atoms with van der Waals surface area (Å²) >= 11 is 0. The quantitative estimate of drug-likeness (QED) is 0.800. The van der Waals surface area contributed by atoms with Gasteiger partial charge in [-0.25, -0.2) is 0 Å². The molecule has 0 aromatic carbocycles. The maximum atomic E-state index is 11.8. The molecule has 4 nitrogen and oxygen atoms in total. The second-order valence-electron chi connectivity index (χ2n) is 3.82. The maximum absolute atomic E-state index is 11.8. The summed E-state index contributed by atoms with van der Waals surface area (Å²) in [5.74, 6) is 0.806. The predicted molar refractivity (Wildman–Crippen MR) is 60.8 cm³/mol. The van der Waals surface area contributed by atoms with E-state index in [2.05, 4.69) is 15.5 Å². The Morgan fingerprint density at radius 1 is 1.40 bits per heavy atom. The van der Waals surface area contributed by atoms with Crippen molar-refractivity contribution >= 4 is 11.7 Å². The molecule has 0 aliphatic rings. The lowest BCUT2D eigenvalue weighted by atomic mass is 10.0. The van der Waals surface area contributed by atoms with Gasteiger partial charge in [0.2, 0.25) is 5.91 Å². The Balaban J connectivity index is 2.70. The first-order chi connectivity index (χ1) is 7.10. The van der Waals surface area contributed by atoms with Crippen LogP contribution in [-0.4, -0.2) is 16.1 Å². The number of aromatic amines is 1. The van der Waals surface area contributed by atoms with Crippen molar-refractivity contribution < 1.29 is 4.79 Å². The Hall–Kier alpha value is -1.32. The second kappa shape index (κ2) is 4.96. The van der Waals surface area contributed by atoms with Gasteiger partial charge in [-0.05, 0) is 26.7 Å². The number of aryl methyl sites for hydroxylation is 1. The standard InChI is InChI=1S/C11H19N3O/c1-5-9(6-2)11(15)12-10-7(3)8(4)13-14-10/h9H,5-6H2,1-4H3,(H2,12,13,14,15). The SMILES string of the molecule is CCC(CC)C(=O)Nc1n[nH]c(C)c1C. The van der Waals surface area contributed by atoms with Crippen LogP contribution in [0.3, 0.4) is 0 Å². The third-order valence-corrected chi connectivity index (χ3v) is 2.85. The molecule has 1 rings (SSSR count). The van der Waals surface area contributed by atoms with Crippen molar-refractivity contribution in [3.63, 3.8) is 0 Å². The fourth-order valence-electron chi connectivity index (χ4n) is 1.48. The zero-order valence-electron chi connectivity index (χ0n) is 9.85. The number of rotatable bonds is 4. The van der Waals surface area contributed by atoms with Crippen molar-refractivity contribution in [2.45, 2.75) is 40.5 Å². The van der Waals surface area contributed by atoms with Gasteiger partial charge in [0.15, 0.2) is 5.82 Å². The largest absolute Gasteiger partial charge is 0.309 e. The molecule has 1 heterocycles. The van der Waals surface area contributed by atoms with E-state index < -0.39 is 0 Å². The molecule has 0 aliphatic heterocycles. The van der Waals surface area contributed by atoms with E-state index in [0.29, 0.717) is 5.82 Å². The van der Waals surface area contributed by atoms with Gasteiger partial charge >= 0.3 is 0 Å². The Labute approximate surface area is 90.5 Å². The third-order valence-electron chi connectivity index (χ3n) is 2.85. The van der Waals surface area contributed by atoms with E-state index in [9.17, 15) is 4.79 Å². The van der Waals surface area contributed by atoms with Crippen molar-refractivity contribution in [3.05, 3.63) is 11.3 Å². The lowest BCUT2D eigenvalue weighted by Crippen LogP contribution is -2.22. The molecule has 0 atom stereocenters. The van der Waals surface area contributed by atoms with E-state index >= 15 is 0 Å². The number of H-pyrrole nitrogens is 1. The molecule has 4 heteroatoms. The lowest BCUT2D eigenvalue weighted by molar-refractivity contribution is -0.120. The highest BCUT2D eigenvalue weighted by atomic mass is 16.1. The maximum Gasteiger partial charge on any atom is 0.228 e. The monoisotopic (exact) mass is 209 g/mol. The fourth-order valence-corrected chi connectivity index (χ4v) is 1.48. The summed E-state index contributed by atoms with van der Waals surface area (Å²) < 4.78 is 0. The number of amides is 1. The van der Waals surface area contributed by atoms with Crippen LogP contribution in [-0.2, 0) is 4.79 Å². The summed E-state index contributed by atoms with van der Waals surface area (Å²) in [5, 5.41) is 9.75. The van der Waals surface area contributed by atoms with Gasteiger partial charge < -0.3 is 5.32 Å². The van der Waals surface area contributed by atoms with E-state index in [0.717, 1.165) is 24.1 Å². The molecule has 0 spiro atoms. The average Bonchev–Trinajstić information content (AvgIpc) is 2.52. The van der Waals surface area contributed by atoms with Gasteiger partial charge in [0.05, 0.1) is 0 Å². The number of aromatic nitrogens is 2. The summed E-state index contributed by atoms with van der Waals surface area (Å²) in [6.45, 7) is 7.93. The fraction of sp³-hybridized carbons (Fsp3) is 0.636. The molecular weight excluding hydrogens is 190 g/mol. The van der Waals surface area contributed by atoms with Crippen molar-refractivity contribution in [1.29, 1.82) is 0 Å². The molecule has 0 fully saturated rings. The normalized spacial score (nSPS) is 10.7. The zero-order chi connectivity index (χ0) is 11.4. The highest BCUT2D eigenvalue weighted by Gasteiger charge is 2.16. The molecule has 1 aromatic rings. The van der Waals surface area contributed by atoms with Crippen LogP contribution in [0.1, 0.15) is 37.9 Å². The van der Waals surface area contributed by atoms with Crippen molar-refractivity contribution in [2.75, 3.05) is 5.32 Å². The number of nitrogens with zero attached hydrogens (tertiary/aromatic N) is 1. The number of carbonyl (C=O) groups excluding carboxylic acids is 1. The van der Waals surface area contributed by atoms with Gasteiger partial charge in [0, 0.05) is 17.2 Å². The van der Waals surface area contributed by atoms with Gasteiger partial charge in [-0.2, -0.15) is 5.10 Å². The van der Waals surface area contributed by atoms with Crippen LogP contribution in [0.4, 0.5) is 5.82 Å². The van der Waals surface area contributed by atoms with Crippen LogP contribution in [0, 0.1) is 19.8 Å². The van der Waals surface area contributed by atoms with Gasteiger partial charge in [-0.1, -0.05) is 13.8 Å². The van der Waals surface area contributed by atoms with Crippen molar-refractivity contribution in [2.24, 2.45) is 5.92 Å². The Morgan fingerprint density at radius 2 is 2.00 bits per heavy atom. The van der Waals surface area contributed by atoms with E-state index in [4.69, 9.17) is 0 Å². The summed E-state index contributed by atoms with van der Waals surface area (Å²) in [5.41, 5.74) is 2.00. The minimum atomic E-state index is 0.0644. The molecule has 0 bridgehead atoms. The molecule has 1 amide bonds. The minimum absolute atomic E-state index is 0.0644. The number of hydrogen-bond acceptors (Lipinski definition) is 2. The molecule has 0 aliphatic carbocycles. The average molecular weight is 209 g/mol. The van der Waals surface area contributed by atoms with Crippen LogP contribution in [0.15, 0.2) is 0 Å². The number of anilines is 1. The van der Waals surface area contributed by atoms with Crippen LogP contribution >= 0.6 is 0 Å².